The Morgan fingerprint density at radius 2 is 1.83 bits per heavy atom. The predicted molar refractivity (Wildman–Crippen MR) is 110 cm³/mol. The number of amides is 3. The van der Waals surface area contributed by atoms with Gasteiger partial charge in [-0.05, 0) is 56.0 Å². The molecule has 0 bridgehead atoms. The van der Waals surface area contributed by atoms with Crippen molar-refractivity contribution in [1.82, 2.24) is 15.1 Å². The van der Waals surface area contributed by atoms with E-state index in [0.29, 0.717) is 19.6 Å². The lowest BCUT2D eigenvalue weighted by Crippen LogP contribution is -2.45. The molecule has 1 atom stereocenters. The fourth-order valence-corrected chi connectivity index (χ4v) is 4.25. The van der Waals surface area contributed by atoms with Crippen molar-refractivity contribution in [3.05, 3.63) is 65.7 Å². The number of hydrogen-bond acceptors (Lipinski definition) is 4. The Morgan fingerprint density at radius 3 is 2.66 bits per heavy atom. The number of hydrogen-bond donors (Lipinski definition) is 1. The van der Waals surface area contributed by atoms with Crippen molar-refractivity contribution in [2.75, 3.05) is 26.9 Å². The van der Waals surface area contributed by atoms with Crippen molar-refractivity contribution < 1.29 is 14.3 Å². The van der Waals surface area contributed by atoms with Crippen LogP contribution in [-0.2, 0) is 16.8 Å². The van der Waals surface area contributed by atoms with Crippen LogP contribution in [0.2, 0.25) is 0 Å². The van der Waals surface area contributed by atoms with Crippen LogP contribution in [0.5, 0.6) is 5.75 Å². The number of nitrogens with zero attached hydrogens (tertiary/aromatic N) is 2. The molecule has 1 aliphatic heterocycles. The lowest BCUT2D eigenvalue weighted by atomic mass is 9.84. The predicted octanol–water partition coefficient (Wildman–Crippen LogP) is 3.13. The maximum atomic E-state index is 13.4. The number of carbonyl (C=O) groups is 2. The van der Waals surface area contributed by atoms with E-state index >= 15 is 0 Å². The van der Waals surface area contributed by atoms with Crippen molar-refractivity contribution in [1.29, 1.82) is 0 Å². The van der Waals surface area contributed by atoms with Gasteiger partial charge < -0.3 is 10.1 Å². The number of rotatable bonds is 6. The molecular formula is C23H27N3O3. The Labute approximate surface area is 171 Å². The van der Waals surface area contributed by atoms with Crippen LogP contribution >= 0.6 is 0 Å². The first kappa shape index (κ1) is 19.5. The molecule has 1 spiro atoms. The molecule has 1 N–H and O–H groups in total. The number of fused-ring (bicyclic) bond motifs is 2. The lowest BCUT2D eigenvalue weighted by molar-refractivity contribution is -0.133. The molecule has 2 aromatic carbocycles. The first-order valence-corrected chi connectivity index (χ1v) is 10.2. The summed E-state index contributed by atoms with van der Waals surface area (Å²) in [6.07, 6.45) is 3.53. The summed E-state index contributed by atoms with van der Waals surface area (Å²) in [4.78, 5) is 29.4. The highest BCUT2D eigenvalue weighted by Crippen LogP contribution is 2.38. The zero-order valence-electron chi connectivity index (χ0n) is 16.8. The van der Waals surface area contributed by atoms with E-state index in [2.05, 4.69) is 11.4 Å². The van der Waals surface area contributed by atoms with Crippen molar-refractivity contribution in [2.45, 2.75) is 31.2 Å². The van der Waals surface area contributed by atoms with Gasteiger partial charge in [-0.2, -0.15) is 0 Å². The van der Waals surface area contributed by atoms with E-state index in [1.807, 2.05) is 60.5 Å². The van der Waals surface area contributed by atoms with Crippen molar-refractivity contribution in [2.24, 2.45) is 0 Å². The van der Waals surface area contributed by atoms with Crippen LogP contribution < -0.4 is 10.1 Å². The highest BCUT2D eigenvalue weighted by molar-refractivity contribution is 6.07. The zero-order valence-corrected chi connectivity index (χ0v) is 16.8. The maximum absolute atomic E-state index is 13.4. The number of para-hydroxylation sites is 1. The second-order valence-corrected chi connectivity index (χ2v) is 7.82. The summed E-state index contributed by atoms with van der Waals surface area (Å²) in [6.45, 7) is 1.33. The minimum Gasteiger partial charge on any atom is -0.492 e. The van der Waals surface area contributed by atoms with Gasteiger partial charge in [0.25, 0.3) is 5.91 Å². The Balaban J connectivity index is 1.43. The van der Waals surface area contributed by atoms with E-state index < -0.39 is 5.54 Å². The third-order valence-electron chi connectivity index (χ3n) is 5.77. The van der Waals surface area contributed by atoms with Crippen LogP contribution in [0.25, 0.3) is 0 Å². The van der Waals surface area contributed by atoms with Crippen LogP contribution in [0.3, 0.4) is 0 Å². The van der Waals surface area contributed by atoms with Crippen LogP contribution in [-0.4, -0.2) is 48.6 Å². The number of ether oxygens (including phenoxy) is 1. The highest BCUT2D eigenvalue weighted by Gasteiger charge is 2.53. The van der Waals surface area contributed by atoms with E-state index in [9.17, 15) is 9.59 Å². The number of nitrogens with one attached hydrogen (secondary N) is 1. The van der Waals surface area contributed by atoms with Gasteiger partial charge in [0.15, 0.2) is 0 Å². The van der Waals surface area contributed by atoms with Gasteiger partial charge >= 0.3 is 6.03 Å². The van der Waals surface area contributed by atoms with E-state index in [0.717, 1.165) is 36.1 Å². The topological polar surface area (TPSA) is 61.9 Å². The summed E-state index contributed by atoms with van der Waals surface area (Å²) in [5, 5.41) is 3.03. The Hall–Kier alpha value is -2.86. The van der Waals surface area contributed by atoms with Gasteiger partial charge in [0.05, 0.1) is 6.67 Å². The standard InChI is InChI=1S/C23H27N3O3/c1-25(15-16-29-19-11-3-2-4-12-19)17-26-21(27)23(24-22(26)28)14-8-7-10-18-9-5-6-13-20(18)23/h2-6,9,11-13H,7-8,10,14-17H2,1H3,(H,24,28). The van der Waals surface area contributed by atoms with Gasteiger partial charge in [-0.3, -0.25) is 9.69 Å². The van der Waals surface area contributed by atoms with E-state index in [4.69, 9.17) is 4.74 Å². The normalized spacial score (nSPS) is 21.2. The first-order valence-electron chi connectivity index (χ1n) is 10.2. The quantitative estimate of drug-likeness (QED) is 0.766. The third kappa shape index (κ3) is 3.85. The number of urea groups is 1. The van der Waals surface area contributed by atoms with Gasteiger partial charge in [0.2, 0.25) is 0 Å². The summed E-state index contributed by atoms with van der Waals surface area (Å²) in [6, 6.07) is 17.3. The van der Waals surface area contributed by atoms with Gasteiger partial charge in [0.1, 0.15) is 17.9 Å². The Bertz CT molecular complexity index is 886. The SMILES string of the molecule is CN(CCOc1ccccc1)CN1C(=O)NC2(CCCCc3ccccc32)C1=O. The highest BCUT2D eigenvalue weighted by atomic mass is 16.5. The van der Waals surface area contributed by atoms with Crippen LogP contribution in [0.15, 0.2) is 54.6 Å². The molecule has 1 fully saturated rings. The van der Waals surface area contributed by atoms with E-state index in [1.165, 1.54) is 4.90 Å². The second kappa shape index (κ2) is 8.25. The minimum absolute atomic E-state index is 0.146. The van der Waals surface area contributed by atoms with E-state index in [-0.39, 0.29) is 18.6 Å². The Morgan fingerprint density at radius 1 is 1.07 bits per heavy atom. The molecule has 4 rings (SSSR count). The molecule has 1 saturated heterocycles. The summed E-state index contributed by atoms with van der Waals surface area (Å²) in [5.41, 5.74) is 1.18. The van der Waals surface area contributed by atoms with Crippen LogP contribution in [0, 0.1) is 0 Å². The molecule has 0 saturated carbocycles. The molecule has 3 amide bonds. The first-order chi connectivity index (χ1) is 14.1. The number of imide groups is 1. The molecule has 0 aromatic heterocycles. The number of aryl methyl sites for hydroxylation is 1. The molecule has 1 aliphatic carbocycles. The molecule has 1 unspecified atom stereocenters. The molecule has 2 aromatic rings. The smallest absolute Gasteiger partial charge is 0.326 e. The van der Waals surface area contributed by atoms with Gasteiger partial charge in [-0.25, -0.2) is 9.69 Å². The van der Waals surface area contributed by atoms with E-state index in [1.54, 1.807) is 0 Å². The minimum atomic E-state index is -0.925. The van der Waals surface area contributed by atoms with Crippen molar-refractivity contribution >= 4 is 11.9 Å². The second-order valence-electron chi connectivity index (χ2n) is 7.82. The zero-order chi connectivity index (χ0) is 20.3. The molecule has 1 heterocycles. The number of likely N-dealkylation sites (N-methyl/N-ethyl adjacent to an activating group) is 1. The maximum Gasteiger partial charge on any atom is 0.326 e. The molecule has 6 nitrogen and oxygen atoms in total. The summed E-state index contributed by atoms with van der Waals surface area (Å²) >= 11 is 0. The molecule has 2 aliphatic rings. The molecule has 6 heteroatoms. The number of benzene rings is 2. The fourth-order valence-electron chi connectivity index (χ4n) is 4.25. The average molecular weight is 393 g/mol. The number of carbonyl (C=O) groups excluding carboxylic acids is 2. The molecule has 0 radical (unpaired) electrons. The van der Waals surface area contributed by atoms with Gasteiger partial charge in [-0.1, -0.05) is 42.5 Å². The van der Waals surface area contributed by atoms with Crippen molar-refractivity contribution in [3.63, 3.8) is 0 Å². The lowest BCUT2D eigenvalue weighted by Gasteiger charge is -2.28. The molecule has 29 heavy (non-hydrogen) atoms. The van der Waals surface area contributed by atoms with Crippen molar-refractivity contribution in [3.8, 4) is 5.75 Å². The molecular weight excluding hydrogens is 366 g/mol. The summed E-state index contributed by atoms with van der Waals surface area (Å²) < 4.78 is 5.72. The van der Waals surface area contributed by atoms with Crippen LogP contribution in [0.4, 0.5) is 4.79 Å². The fraction of sp³-hybridized carbons (Fsp3) is 0.391. The van der Waals surface area contributed by atoms with Gasteiger partial charge in [0, 0.05) is 6.54 Å². The molecule has 152 valence electrons. The Kier molecular flexibility index (Phi) is 5.53. The third-order valence-corrected chi connectivity index (χ3v) is 5.77. The monoisotopic (exact) mass is 393 g/mol. The van der Waals surface area contributed by atoms with Gasteiger partial charge in [-0.15, -0.1) is 0 Å². The summed E-state index contributed by atoms with van der Waals surface area (Å²) in [5.74, 6) is 0.664. The largest absolute Gasteiger partial charge is 0.492 e. The summed E-state index contributed by atoms with van der Waals surface area (Å²) in [7, 11) is 1.89. The average Bonchev–Trinajstić information content (AvgIpc) is 2.87. The van der Waals surface area contributed by atoms with Crippen LogP contribution in [0.1, 0.15) is 30.4 Å².